The van der Waals surface area contributed by atoms with E-state index in [9.17, 15) is 0 Å². The third kappa shape index (κ3) is 3.59. The Kier molecular flexibility index (Phi) is 4.21. The number of aryl methyl sites for hydroxylation is 1. The smallest absolute Gasteiger partial charge is 0.157 e. The molecule has 15 heavy (non-hydrogen) atoms. The first-order valence-electron chi connectivity index (χ1n) is 5.44. The molecule has 0 N–H and O–H groups in total. The van der Waals surface area contributed by atoms with Crippen LogP contribution in [-0.2, 0) is 4.74 Å². The van der Waals surface area contributed by atoms with E-state index in [1.165, 1.54) is 0 Å². The molecule has 1 aromatic rings. The van der Waals surface area contributed by atoms with Crippen molar-refractivity contribution in [2.75, 3.05) is 0 Å². The number of hydrogen-bond acceptors (Lipinski definition) is 3. The summed E-state index contributed by atoms with van der Waals surface area (Å²) in [6, 6.07) is 0. The molecule has 1 rings (SSSR count). The van der Waals surface area contributed by atoms with Crippen LogP contribution in [0.2, 0.25) is 0 Å². The maximum atomic E-state index is 5.81. The molecule has 0 unspecified atom stereocenters. The second-order valence-corrected chi connectivity index (χ2v) is 4.47. The number of hydrogen-bond donors (Lipinski definition) is 0. The van der Waals surface area contributed by atoms with Gasteiger partial charge in [-0.1, -0.05) is 13.8 Å². The predicted molar refractivity (Wildman–Crippen MR) is 60.6 cm³/mol. The molecular formula is C12H20N2O. The first-order chi connectivity index (χ1) is 7.00. The van der Waals surface area contributed by atoms with Gasteiger partial charge in [0.05, 0.1) is 6.10 Å². The monoisotopic (exact) mass is 208 g/mol. The van der Waals surface area contributed by atoms with Gasteiger partial charge in [-0.25, -0.2) is 9.97 Å². The molecule has 1 atom stereocenters. The van der Waals surface area contributed by atoms with Crippen LogP contribution >= 0.6 is 0 Å². The number of aromatic nitrogens is 2. The summed E-state index contributed by atoms with van der Waals surface area (Å²) in [6.07, 6.45) is 3.86. The first kappa shape index (κ1) is 12.1. The molecule has 0 saturated carbocycles. The fourth-order valence-corrected chi connectivity index (χ4v) is 1.36. The quantitative estimate of drug-likeness (QED) is 0.763. The minimum atomic E-state index is -0.00870. The van der Waals surface area contributed by atoms with Crippen molar-refractivity contribution in [1.82, 2.24) is 9.97 Å². The summed E-state index contributed by atoms with van der Waals surface area (Å²) in [4.78, 5) is 8.63. The number of rotatable bonds is 4. The van der Waals surface area contributed by atoms with Crippen LogP contribution in [0.4, 0.5) is 0 Å². The lowest BCUT2D eigenvalue weighted by atomic mass is 10.1. The van der Waals surface area contributed by atoms with E-state index in [4.69, 9.17) is 4.74 Å². The summed E-state index contributed by atoms with van der Waals surface area (Å²) in [5, 5.41) is 0. The Hall–Kier alpha value is -0.960. The second-order valence-electron chi connectivity index (χ2n) is 4.47. The summed E-state index contributed by atoms with van der Waals surface area (Å²) in [5.74, 6) is 1.17. The Balaban J connectivity index is 2.84. The van der Waals surface area contributed by atoms with Crippen LogP contribution in [0.25, 0.3) is 0 Å². The van der Waals surface area contributed by atoms with Crippen molar-refractivity contribution in [2.24, 2.45) is 5.92 Å². The van der Waals surface area contributed by atoms with Gasteiger partial charge in [-0.2, -0.15) is 0 Å². The van der Waals surface area contributed by atoms with E-state index >= 15 is 0 Å². The van der Waals surface area contributed by atoms with Crippen LogP contribution in [0.3, 0.4) is 0 Å². The van der Waals surface area contributed by atoms with Gasteiger partial charge in [-0.05, 0) is 32.3 Å². The van der Waals surface area contributed by atoms with Gasteiger partial charge in [0.2, 0.25) is 0 Å². The maximum absolute atomic E-state index is 5.81. The Bertz CT molecular complexity index is 293. The topological polar surface area (TPSA) is 35.0 Å². The molecule has 0 aliphatic rings. The summed E-state index contributed by atoms with van der Waals surface area (Å²) >= 11 is 0. The fourth-order valence-electron chi connectivity index (χ4n) is 1.36. The van der Waals surface area contributed by atoms with Gasteiger partial charge in [0.25, 0.3) is 0 Å². The second kappa shape index (κ2) is 5.21. The highest BCUT2D eigenvalue weighted by Gasteiger charge is 2.20. The summed E-state index contributed by atoms with van der Waals surface area (Å²) in [7, 11) is 0. The van der Waals surface area contributed by atoms with Gasteiger partial charge in [-0.15, -0.1) is 0 Å². The van der Waals surface area contributed by atoms with E-state index in [0.717, 1.165) is 11.4 Å². The Labute approximate surface area is 91.9 Å². The zero-order valence-electron chi connectivity index (χ0n) is 10.2. The molecule has 84 valence electrons. The average molecular weight is 208 g/mol. The third-order valence-electron chi connectivity index (χ3n) is 2.08. The lowest BCUT2D eigenvalue weighted by Gasteiger charge is -2.22. The van der Waals surface area contributed by atoms with Crippen LogP contribution < -0.4 is 0 Å². The van der Waals surface area contributed by atoms with Crippen molar-refractivity contribution in [3.63, 3.8) is 0 Å². The lowest BCUT2D eigenvalue weighted by Crippen LogP contribution is -2.18. The van der Waals surface area contributed by atoms with Gasteiger partial charge in [0.15, 0.2) is 5.82 Å². The Morgan fingerprint density at radius 3 is 2.00 bits per heavy atom. The average Bonchev–Trinajstić information content (AvgIpc) is 2.15. The molecule has 1 heterocycles. The van der Waals surface area contributed by atoms with E-state index in [-0.39, 0.29) is 12.2 Å². The van der Waals surface area contributed by atoms with Crippen molar-refractivity contribution in [2.45, 2.75) is 46.8 Å². The van der Waals surface area contributed by atoms with Crippen LogP contribution in [0, 0.1) is 12.8 Å². The van der Waals surface area contributed by atoms with Crippen LogP contribution in [0.5, 0.6) is 0 Å². The van der Waals surface area contributed by atoms with Crippen molar-refractivity contribution in [3.8, 4) is 0 Å². The third-order valence-corrected chi connectivity index (χ3v) is 2.08. The molecule has 0 aliphatic heterocycles. The van der Waals surface area contributed by atoms with Crippen molar-refractivity contribution in [1.29, 1.82) is 0 Å². The molecule has 0 aliphatic carbocycles. The number of ether oxygens (including phenoxy) is 1. The molecular weight excluding hydrogens is 188 g/mol. The van der Waals surface area contributed by atoms with E-state index in [2.05, 4.69) is 23.8 Å². The zero-order chi connectivity index (χ0) is 11.4. The lowest BCUT2D eigenvalue weighted by molar-refractivity contribution is -0.0250. The van der Waals surface area contributed by atoms with E-state index in [0.29, 0.717) is 5.92 Å². The molecule has 0 radical (unpaired) electrons. The van der Waals surface area contributed by atoms with Gasteiger partial charge in [-0.3, -0.25) is 0 Å². The molecule has 3 heteroatoms. The van der Waals surface area contributed by atoms with Crippen molar-refractivity contribution >= 4 is 0 Å². The molecule has 0 amide bonds. The molecule has 0 fully saturated rings. The summed E-state index contributed by atoms with van der Waals surface area (Å²) in [5.41, 5.74) is 1.07. The van der Waals surface area contributed by atoms with Crippen molar-refractivity contribution < 1.29 is 4.74 Å². The van der Waals surface area contributed by atoms with Crippen LogP contribution in [-0.4, -0.2) is 16.1 Å². The summed E-state index contributed by atoms with van der Waals surface area (Å²) < 4.78 is 5.81. The van der Waals surface area contributed by atoms with E-state index < -0.39 is 0 Å². The van der Waals surface area contributed by atoms with Gasteiger partial charge in [0.1, 0.15) is 6.10 Å². The first-order valence-corrected chi connectivity index (χ1v) is 5.44. The summed E-state index contributed by atoms with van der Waals surface area (Å²) in [6.45, 7) is 10.3. The molecule has 0 bridgehead atoms. The molecule has 0 saturated heterocycles. The van der Waals surface area contributed by atoms with E-state index in [1.54, 1.807) is 0 Å². The molecule has 0 spiro atoms. The maximum Gasteiger partial charge on any atom is 0.157 e. The Morgan fingerprint density at radius 2 is 1.60 bits per heavy atom. The van der Waals surface area contributed by atoms with Crippen LogP contribution in [0.15, 0.2) is 12.4 Å². The predicted octanol–water partition coefficient (Wildman–Crippen LogP) is 2.91. The molecule has 0 aromatic carbocycles. The van der Waals surface area contributed by atoms with Gasteiger partial charge >= 0.3 is 0 Å². The van der Waals surface area contributed by atoms with Gasteiger partial charge in [0, 0.05) is 12.4 Å². The highest BCUT2D eigenvalue weighted by molar-refractivity contribution is 5.04. The van der Waals surface area contributed by atoms with E-state index in [1.807, 2.05) is 33.2 Å². The van der Waals surface area contributed by atoms with Crippen LogP contribution in [0.1, 0.15) is 45.2 Å². The highest BCUT2D eigenvalue weighted by Crippen LogP contribution is 2.23. The number of nitrogens with zero attached hydrogens (tertiary/aromatic N) is 2. The minimum Gasteiger partial charge on any atom is -0.367 e. The standard InChI is InChI=1S/C12H20N2O/c1-8(2)11(15-9(3)4)12-13-6-10(5)7-14-12/h6-9,11H,1-5H3/t11-/m1/s1. The Morgan fingerprint density at radius 1 is 1.07 bits per heavy atom. The molecule has 3 nitrogen and oxygen atoms in total. The SMILES string of the molecule is Cc1cnc([C@H](OC(C)C)C(C)C)nc1. The minimum absolute atomic E-state index is 0.00870. The van der Waals surface area contributed by atoms with Crippen molar-refractivity contribution in [3.05, 3.63) is 23.8 Å². The van der Waals surface area contributed by atoms with Gasteiger partial charge < -0.3 is 4.74 Å². The fraction of sp³-hybridized carbons (Fsp3) is 0.667. The largest absolute Gasteiger partial charge is 0.367 e. The normalized spacial score (nSPS) is 13.5. The molecule has 1 aromatic heterocycles. The highest BCUT2D eigenvalue weighted by atomic mass is 16.5. The zero-order valence-corrected chi connectivity index (χ0v) is 10.2.